The van der Waals surface area contributed by atoms with Crippen molar-refractivity contribution >= 4 is 18.2 Å². The van der Waals surface area contributed by atoms with E-state index in [-0.39, 0.29) is 12.0 Å². The molecule has 0 heterocycles. The zero-order chi connectivity index (χ0) is 26.4. The third kappa shape index (κ3) is 8.53. The molecule has 4 N–H and O–H groups in total. The Morgan fingerprint density at radius 2 is 1.50 bits per heavy atom. The molecule has 2 amide bonds. The molecule has 0 aliphatic rings. The van der Waals surface area contributed by atoms with Gasteiger partial charge in [-0.05, 0) is 66.0 Å². The smallest absolute Gasteiger partial charge is 0.420 e. The molecule has 192 valence electrons. The van der Waals surface area contributed by atoms with Gasteiger partial charge in [-0.15, -0.1) is 0 Å². The van der Waals surface area contributed by atoms with E-state index in [1.807, 2.05) is 0 Å². The second-order valence-electron chi connectivity index (χ2n) is 9.86. The molecule has 0 bridgehead atoms. The maximum Gasteiger partial charge on any atom is 0.420 e. The van der Waals surface area contributed by atoms with Gasteiger partial charge in [0.25, 0.3) is 0 Å². The van der Waals surface area contributed by atoms with E-state index in [4.69, 9.17) is 15.2 Å². The number of benzene rings is 1. The second kappa shape index (κ2) is 11.6. The number of hydrogen-bond donors (Lipinski definition) is 3. The number of aliphatic hydroxyl groups is 1. The van der Waals surface area contributed by atoms with Crippen molar-refractivity contribution in [2.45, 2.75) is 83.6 Å². The summed E-state index contributed by atoms with van der Waals surface area (Å²) >= 11 is 0. The zero-order valence-electron chi connectivity index (χ0n) is 20.3. The van der Waals surface area contributed by atoms with E-state index in [1.165, 1.54) is 53.7 Å². The number of aliphatic hydroxyl groups excluding tert-OH is 1. The standard InChI is InChI=1S/C23H34F2N2O7/c1-22(2,3)33-20(31)27(21(32)34-23(4,5)6)17(19(29)30)11-10-13(16(26)12-28)14-8-7-9-15(24)18(14)25/h7-9,13,16-17,28H,10-12,26H2,1-6H3,(H,29,30)/t13-,16?,17+/m0/s1. The van der Waals surface area contributed by atoms with Crippen LogP contribution in [0.15, 0.2) is 18.2 Å². The molecule has 0 radical (unpaired) electrons. The molecule has 11 heteroatoms. The van der Waals surface area contributed by atoms with Crippen molar-refractivity contribution in [3.63, 3.8) is 0 Å². The molecule has 0 fully saturated rings. The van der Waals surface area contributed by atoms with Crippen molar-refractivity contribution in [2.75, 3.05) is 6.61 Å². The number of amides is 2. The Morgan fingerprint density at radius 1 is 1.00 bits per heavy atom. The highest BCUT2D eigenvalue weighted by Crippen LogP contribution is 2.30. The molecule has 1 unspecified atom stereocenters. The van der Waals surface area contributed by atoms with E-state index in [2.05, 4.69) is 0 Å². The number of aliphatic carboxylic acids is 1. The first kappa shape index (κ1) is 29.2. The molecule has 0 saturated heterocycles. The number of rotatable bonds is 8. The van der Waals surface area contributed by atoms with E-state index in [0.717, 1.165) is 6.07 Å². The fourth-order valence-corrected chi connectivity index (χ4v) is 3.19. The van der Waals surface area contributed by atoms with Gasteiger partial charge >= 0.3 is 18.2 Å². The second-order valence-corrected chi connectivity index (χ2v) is 9.86. The number of carbonyl (C=O) groups excluding carboxylic acids is 2. The zero-order valence-corrected chi connectivity index (χ0v) is 20.3. The van der Waals surface area contributed by atoms with Crippen LogP contribution in [0, 0.1) is 11.6 Å². The monoisotopic (exact) mass is 488 g/mol. The number of nitrogens with two attached hydrogens (primary N) is 1. The summed E-state index contributed by atoms with van der Waals surface area (Å²) < 4.78 is 38.6. The highest BCUT2D eigenvalue weighted by atomic mass is 19.2. The van der Waals surface area contributed by atoms with Crippen LogP contribution in [0.1, 0.15) is 65.9 Å². The lowest BCUT2D eigenvalue weighted by molar-refractivity contribution is -0.143. The molecule has 1 rings (SSSR count). The fourth-order valence-electron chi connectivity index (χ4n) is 3.19. The van der Waals surface area contributed by atoms with Gasteiger partial charge in [-0.2, -0.15) is 4.90 Å². The van der Waals surface area contributed by atoms with E-state index in [9.17, 15) is 33.4 Å². The minimum Gasteiger partial charge on any atom is -0.480 e. The minimum atomic E-state index is -1.77. The number of halogens is 2. The van der Waals surface area contributed by atoms with Crippen LogP contribution in [-0.4, -0.2) is 63.2 Å². The van der Waals surface area contributed by atoms with Crippen molar-refractivity contribution in [3.05, 3.63) is 35.4 Å². The molecule has 1 aromatic carbocycles. The lowest BCUT2D eigenvalue weighted by atomic mass is 9.86. The Morgan fingerprint density at radius 3 is 1.91 bits per heavy atom. The van der Waals surface area contributed by atoms with Gasteiger partial charge in [-0.25, -0.2) is 23.2 Å². The Hall–Kier alpha value is -2.79. The molecule has 1 aromatic rings. The van der Waals surface area contributed by atoms with Crippen LogP contribution in [0.2, 0.25) is 0 Å². The molecule has 0 aliphatic heterocycles. The highest BCUT2D eigenvalue weighted by Gasteiger charge is 2.41. The lowest BCUT2D eigenvalue weighted by Gasteiger charge is -2.32. The van der Waals surface area contributed by atoms with Gasteiger partial charge in [0.15, 0.2) is 11.6 Å². The van der Waals surface area contributed by atoms with Crippen LogP contribution >= 0.6 is 0 Å². The number of carboxylic acids is 1. The van der Waals surface area contributed by atoms with E-state index >= 15 is 0 Å². The minimum absolute atomic E-state index is 0.160. The summed E-state index contributed by atoms with van der Waals surface area (Å²) in [6.07, 6.45) is -3.09. The summed E-state index contributed by atoms with van der Waals surface area (Å²) in [4.78, 5) is 38.1. The quantitative estimate of drug-likeness (QED) is 0.502. The molecule has 0 aromatic heterocycles. The molecular weight excluding hydrogens is 454 g/mol. The van der Waals surface area contributed by atoms with Crippen molar-refractivity contribution in [3.8, 4) is 0 Å². The van der Waals surface area contributed by atoms with Gasteiger partial charge in [-0.1, -0.05) is 12.1 Å². The normalized spacial score (nSPS) is 14.6. The Kier molecular flexibility index (Phi) is 9.95. The maximum absolute atomic E-state index is 14.4. The van der Waals surface area contributed by atoms with Crippen molar-refractivity contribution in [1.82, 2.24) is 4.90 Å². The third-order valence-electron chi connectivity index (χ3n) is 4.64. The number of ether oxygens (including phenoxy) is 2. The van der Waals surface area contributed by atoms with Crippen LogP contribution in [0.25, 0.3) is 0 Å². The third-order valence-corrected chi connectivity index (χ3v) is 4.64. The SMILES string of the molecule is CC(C)(C)OC(=O)N(C(=O)OC(C)(C)C)[C@H](CC[C@@H](c1cccc(F)c1F)C(N)CO)C(=O)O. The summed E-state index contributed by atoms with van der Waals surface area (Å²) in [5.41, 5.74) is 3.65. The Labute approximate surface area is 197 Å². The van der Waals surface area contributed by atoms with E-state index in [0.29, 0.717) is 4.90 Å². The van der Waals surface area contributed by atoms with Crippen LogP contribution in [0.4, 0.5) is 18.4 Å². The fraction of sp³-hybridized carbons (Fsp3) is 0.609. The molecule has 0 saturated carbocycles. The summed E-state index contributed by atoms with van der Waals surface area (Å²) in [7, 11) is 0. The van der Waals surface area contributed by atoms with Crippen LogP contribution in [0.3, 0.4) is 0 Å². The summed E-state index contributed by atoms with van der Waals surface area (Å²) in [5.74, 6) is -4.87. The number of nitrogens with zero attached hydrogens (tertiary/aromatic N) is 1. The van der Waals surface area contributed by atoms with E-state index < -0.39 is 72.0 Å². The average molecular weight is 489 g/mol. The average Bonchev–Trinajstić information content (AvgIpc) is 2.66. The predicted molar refractivity (Wildman–Crippen MR) is 119 cm³/mol. The lowest BCUT2D eigenvalue weighted by Crippen LogP contribution is -2.52. The molecule has 0 spiro atoms. The maximum atomic E-state index is 14.4. The summed E-state index contributed by atoms with van der Waals surface area (Å²) in [6.45, 7) is 8.63. The van der Waals surface area contributed by atoms with Gasteiger partial charge in [0.1, 0.15) is 17.2 Å². The van der Waals surface area contributed by atoms with Crippen molar-refractivity contribution in [1.29, 1.82) is 0 Å². The van der Waals surface area contributed by atoms with Gasteiger partial charge in [0.05, 0.1) is 6.61 Å². The Bertz CT molecular complexity index is 853. The molecular formula is C23H34F2N2O7. The molecule has 0 aliphatic carbocycles. The first-order valence-electron chi connectivity index (χ1n) is 10.8. The van der Waals surface area contributed by atoms with Crippen LogP contribution < -0.4 is 5.73 Å². The van der Waals surface area contributed by atoms with Gasteiger partial charge in [0.2, 0.25) is 0 Å². The molecule has 9 nitrogen and oxygen atoms in total. The number of carbonyl (C=O) groups is 3. The summed E-state index contributed by atoms with van der Waals surface area (Å²) in [6, 6.07) is 0.603. The van der Waals surface area contributed by atoms with Gasteiger partial charge in [0, 0.05) is 12.0 Å². The predicted octanol–water partition coefficient (Wildman–Crippen LogP) is 3.77. The van der Waals surface area contributed by atoms with Gasteiger partial charge in [-0.3, -0.25) is 0 Å². The number of hydrogen-bond acceptors (Lipinski definition) is 7. The highest BCUT2D eigenvalue weighted by molar-refractivity contribution is 5.93. The number of imide groups is 1. The molecule has 34 heavy (non-hydrogen) atoms. The van der Waals surface area contributed by atoms with Crippen LogP contribution in [0.5, 0.6) is 0 Å². The number of carboxylic acid groups (broad SMARTS) is 1. The van der Waals surface area contributed by atoms with Crippen molar-refractivity contribution < 1.29 is 42.9 Å². The first-order chi connectivity index (χ1) is 15.5. The Balaban J connectivity index is 3.36. The first-order valence-corrected chi connectivity index (χ1v) is 10.8. The largest absolute Gasteiger partial charge is 0.480 e. The topological polar surface area (TPSA) is 139 Å². The summed E-state index contributed by atoms with van der Waals surface area (Å²) in [5, 5.41) is 19.4. The molecule has 3 atom stereocenters. The van der Waals surface area contributed by atoms with Crippen molar-refractivity contribution in [2.24, 2.45) is 5.73 Å². The van der Waals surface area contributed by atoms with Crippen LogP contribution in [-0.2, 0) is 14.3 Å². The van der Waals surface area contributed by atoms with E-state index in [1.54, 1.807) is 0 Å². The van der Waals surface area contributed by atoms with Gasteiger partial charge < -0.3 is 25.4 Å².